The number of nitrogens with zero attached hydrogens (tertiary/aromatic N) is 1. The molecule has 2 aromatic rings. The number of thiazole rings is 1. The number of rotatable bonds is 3. The molecule has 17 heavy (non-hydrogen) atoms. The Kier molecular flexibility index (Phi) is 4.05. The zero-order valence-corrected chi connectivity index (χ0v) is 11.7. The van der Waals surface area contributed by atoms with Crippen molar-refractivity contribution >= 4 is 34.5 Å². The molecule has 0 aliphatic carbocycles. The van der Waals surface area contributed by atoms with Gasteiger partial charge in [0.1, 0.15) is 5.01 Å². The molecule has 0 bridgehead atoms. The first-order valence-electron chi connectivity index (χ1n) is 5.23. The van der Waals surface area contributed by atoms with Gasteiger partial charge in [0.2, 0.25) is 0 Å². The number of aromatic nitrogens is 1. The minimum Gasteiger partial charge on any atom is -0.330 e. The minimum atomic E-state index is 0.626. The Bertz CT molecular complexity index is 517. The average molecular weight is 287 g/mol. The van der Waals surface area contributed by atoms with Crippen molar-refractivity contribution in [2.45, 2.75) is 13.3 Å². The van der Waals surface area contributed by atoms with Gasteiger partial charge in [-0.2, -0.15) is 0 Å². The Labute approximate surface area is 114 Å². The molecular formula is C12H12Cl2N2S. The Hall–Kier alpha value is -0.610. The quantitative estimate of drug-likeness (QED) is 0.929. The third kappa shape index (κ3) is 2.99. The second kappa shape index (κ2) is 5.36. The molecule has 0 radical (unpaired) electrons. The van der Waals surface area contributed by atoms with E-state index < -0.39 is 0 Å². The maximum atomic E-state index is 5.98. The molecule has 0 amide bonds. The molecule has 1 heterocycles. The zero-order valence-electron chi connectivity index (χ0n) is 9.34. The molecular weight excluding hydrogens is 275 g/mol. The standard InChI is InChI=1S/C12H12Cl2N2S/c1-7-11(2-3-15)17-12(16-7)8-4-9(13)6-10(14)5-8/h4-6H,2-3,15H2,1H3. The van der Waals surface area contributed by atoms with Crippen LogP contribution in [0.3, 0.4) is 0 Å². The van der Waals surface area contributed by atoms with E-state index in [1.165, 1.54) is 4.88 Å². The monoisotopic (exact) mass is 286 g/mol. The maximum absolute atomic E-state index is 5.98. The first-order valence-corrected chi connectivity index (χ1v) is 6.80. The Morgan fingerprint density at radius 3 is 2.47 bits per heavy atom. The number of aryl methyl sites for hydroxylation is 1. The molecule has 0 aliphatic heterocycles. The first-order chi connectivity index (χ1) is 8.10. The molecule has 1 aromatic carbocycles. The van der Waals surface area contributed by atoms with Gasteiger partial charge in [-0.25, -0.2) is 4.98 Å². The van der Waals surface area contributed by atoms with Crippen molar-refractivity contribution < 1.29 is 0 Å². The van der Waals surface area contributed by atoms with Crippen LogP contribution in [0.15, 0.2) is 18.2 Å². The number of benzene rings is 1. The SMILES string of the molecule is Cc1nc(-c2cc(Cl)cc(Cl)c2)sc1CCN. The molecule has 0 spiro atoms. The molecule has 2 nitrogen and oxygen atoms in total. The minimum absolute atomic E-state index is 0.626. The summed E-state index contributed by atoms with van der Waals surface area (Å²) in [4.78, 5) is 5.75. The molecule has 0 atom stereocenters. The second-order valence-corrected chi connectivity index (χ2v) is 5.68. The summed E-state index contributed by atoms with van der Waals surface area (Å²) in [7, 11) is 0. The lowest BCUT2D eigenvalue weighted by atomic mass is 10.2. The van der Waals surface area contributed by atoms with Crippen LogP contribution in [0.4, 0.5) is 0 Å². The van der Waals surface area contributed by atoms with Gasteiger partial charge in [0.25, 0.3) is 0 Å². The molecule has 0 aliphatic rings. The summed E-state index contributed by atoms with van der Waals surface area (Å²) >= 11 is 13.6. The van der Waals surface area contributed by atoms with Gasteiger partial charge in [0.15, 0.2) is 0 Å². The predicted molar refractivity (Wildman–Crippen MR) is 75.1 cm³/mol. The van der Waals surface area contributed by atoms with E-state index in [4.69, 9.17) is 28.9 Å². The second-order valence-electron chi connectivity index (χ2n) is 3.72. The predicted octanol–water partition coefficient (Wildman–Crippen LogP) is 3.93. The summed E-state index contributed by atoms with van der Waals surface area (Å²) in [5, 5.41) is 2.19. The summed E-state index contributed by atoms with van der Waals surface area (Å²) < 4.78 is 0. The summed E-state index contributed by atoms with van der Waals surface area (Å²) in [6.07, 6.45) is 0.859. The fraction of sp³-hybridized carbons (Fsp3) is 0.250. The zero-order chi connectivity index (χ0) is 12.4. The van der Waals surface area contributed by atoms with E-state index in [1.807, 2.05) is 19.1 Å². The van der Waals surface area contributed by atoms with Crippen LogP contribution in [0.25, 0.3) is 10.6 Å². The van der Waals surface area contributed by atoms with Crippen LogP contribution in [0.5, 0.6) is 0 Å². The average Bonchev–Trinajstić information content (AvgIpc) is 2.60. The van der Waals surface area contributed by atoms with Crippen molar-refractivity contribution in [3.8, 4) is 10.6 Å². The van der Waals surface area contributed by atoms with Crippen LogP contribution in [-0.4, -0.2) is 11.5 Å². The fourth-order valence-electron chi connectivity index (χ4n) is 1.59. The third-order valence-corrected chi connectivity index (χ3v) is 4.08. The van der Waals surface area contributed by atoms with E-state index in [0.717, 1.165) is 22.7 Å². The Balaban J connectivity index is 2.42. The first kappa shape index (κ1) is 12.8. The molecule has 5 heteroatoms. The molecule has 0 saturated heterocycles. The summed E-state index contributed by atoms with van der Waals surface area (Å²) in [6, 6.07) is 5.46. The smallest absolute Gasteiger partial charge is 0.123 e. The van der Waals surface area contributed by atoms with Crippen LogP contribution in [-0.2, 0) is 6.42 Å². The summed E-state index contributed by atoms with van der Waals surface area (Å²) in [6.45, 7) is 2.63. The van der Waals surface area contributed by atoms with Crippen molar-refractivity contribution in [3.63, 3.8) is 0 Å². The molecule has 2 rings (SSSR count). The van der Waals surface area contributed by atoms with Crippen LogP contribution in [0, 0.1) is 6.92 Å². The highest BCUT2D eigenvalue weighted by Crippen LogP contribution is 2.31. The van der Waals surface area contributed by atoms with Gasteiger partial charge >= 0.3 is 0 Å². The van der Waals surface area contributed by atoms with Gasteiger partial charge < -0.3 is 5.73 Å². The van der Waals surface area contributed by atoms with Crippen molar-refractivity contribution in [1.29, 1.82) is 0 Å². The topological polar surface area (TPSA) is 38.9 Å². The Morgan fingerprint density at radius 1 is 1.24 bits per heavy atom. The van der Waals surface area contributed by atoms with E-state index in [-0.39, 0.29) is 0 Å². The van der Waals surface area contributed by atoms with Crippen LogP contribution in [0.1, 0.15) is 10.6 Å². The number of halogens is 2. The lowest BCUT2D eigenvalue weighted by Crippen LogP contribution is -2.01. The fourth-order valence-corrected chi connectivity index (χ4v) is 3.18. The molecule has 1 aromatic heterocycles. The molecule has 0 saturated carbocycles. The van der Waals surface area contributed by atoms with Crippen LogP contribution < -0.4 is 5.73 Å². The number of hydrogen-bond acceptors (Lipinski definition) is 3. The molecule has 0 unspecified atom stereocenters. The highest BCUT2D eigenvalue weighted by atomic mass is 35.5. The van der Waals surface area contributed by atoms with Crippen molar-refractivity contribution in [2.75, 3.05) is 6.54 Å². The van der Waals surface area contributed by atoms with Gasteiger partial charge in [-0.3, -0.25) is 0 Å². The molecule has 90 valence electrons. The number of hydrogen-bond donors (Lipinski definition) is 1. The highest BCUT2D eigenvalue weighted by molar-refractivity contribution is 7.15. The lowest BCUT2D eigenvalue weighted by Gasteiger charge is -1.98. The molecule has 2 N–H and O–H groups in total. The van der Waals surface area contributed by atoms with E-state index >= 15 is 0 Å². The van der Waals surface area contributed by atoms with Gasteiger partial charge in [-0.15, -0.1) is 11.3 Å². The summed E-state index contributed by atoms with van der Waals surface area (Å²) in [5.41, 5.74) is 7.55. The van der Waals surface area contributed by atoms with E-state index in [0.29, 0.717) is 16.6 Å². The van der Waals surface area contributed by atoms with Crippen LogP contribution >= 0.6 is 34.5 Å². The van der Waals surface area contributed by atoms with Gasteiger partial charge in [-0.1, -0.05) is 23.2 Å². The van der Waals surface area contributed by atoms with E-state index in [2.05, 4.69) is 4.98 Å². The summed E-state index contributed by atoms with van der Waals surface area (Å²) in [5.74, 6) is 0. The van der Waals surface area contributed by atoms with Gasteiger partial charge in [0, 0.05) is 20.5 Å². The van der Waals surface area contributed by atoms with Crippen molar-refractivity contribution in [1.82, 2.24) is 4.98 Å². The largest absolute Gasteiger partial charge is 0.330 e. The van der Waals surface area contributed by atoms with Gasteiger partial charge in [0.05, 0.1) is 5.69 Å². The third-order valence-electron chi connectivity index (χ3n) is 2.37. The maximum Gasteiger partial charge on any atom is 0.123 e. The lowest BCUT2D eigenvalue weighted by molar-refractivity contribution is 0.970. The highest BCUT2D eigenvalue weighted by Gasteiger charge is 2.10. The van der Waals surface area contributed by atoms with Gasteiger partial charge in [-0.05, 0) is 38.1 Å². The van der Waals surface area contributed by atoms with Crippen molar-refractivity contribution in [3.05, 3.63) is 38.8 Å². The Morgan fingerprint density at radius 2 is 1.88 bits per heavy atom. The number of nitrogens with two attached hydrogens (primary N) is 1. The van der Waals surface area contributed by atoms with Crippen molar-refractivity contribution in [2.24, 2.45) is 5.73 Å². The van der Waals surface area contributed by atoms with E-state index in [9.17, 15) is 0 Å². The van der Waals surface area contributed by atoms with E-state index in [1.54, 1.807) is 17.4 Å². The normalized spacial score (nSPS) is 10.8. The molecule has 0 fully saturated rings. The van der Waals surface area contributed by atoms with Crippen LogP contribution in [0.2, 0.25) is 10.0 Å².